The number of hydrogen-bond acceptors (Lipinski definition) is 7. The topological polar surface area (TPSA) is 114 Å². The number of carbonyl (C=O) groups excluding carboxylic acids is 2. The lowest BCUT2D eigenvalue weighted by Gasteiger charge is -2.30. The van der Waals surface area contributed by atoms with Gasteiger partial charge in [0.15, 0.2) is 0 Å². The Morgan fingerprint density at radius 3 is 1.42 bits per heavy atom. The summed E-state index contributed by atoms with van der Waals surface area (Å²) in [4.78, 5) is 40.0. The Labute approximate surface area is 467 Å². The van der Waals surface area contributed by atoms with Gasteiger partial charge >= 0.3 is 5.97 Å². The molecule has 0 rings (SSSR count). The van der Waals surface area contributed by atoms with Crippen molar-refractivity contribution in [2.45, 2.75) is 245 Å². The molecule has 0 heterocycles. The lowest BCUT2D eigenvalue weighted by atomic mass is 10.0. The third kappa shape index (κ3) is 55.2. The van der Waals surface area contributed by atoms with Crippen molar-refractivity contribution in [3.05, 3.63) is 122 Å². The quantitative estimate of drug-likeness (QED) is 0.0161. The van der Waals surface area contributed by atoms with Crippen molar-refractivity contribution in [1.82, 2.24) is 5.32 Å². The minimum absolute atomic E-state index is 0.0383. The highest BCUT2D eigenvalue weighted by Gasteiger charge is 2.27. The van der Waals surface area contributed by atoms with Crippen LogP contribution in [0.1, 0.15) is 233 Å². The zero-order valence-corrected chi connectivity index (χ0v) is 50.3. The van der Waals surface area contributed by atoms with Crippen molar-refractivity contribution in [3.8, 4) is 0 Å². The van der Waals surface area contributed by atoms with Gasteiger partial charge in [-0.3, -0.25) is 14.2 Å². The number of rotatable bonds is 53. The lowest BCUT2D eigenvalue weighted by Crippen LogP contribution is -2.47. The molecule has 434 valence electrons. The molecule has 0 aromatic carbocycles. The first-order valence-electron chi connectivity index (χ1n) is 30.4. The standard InChI is InChI=1S/C66H113N2O7P/c1-7-10-13-16-19-22-25-28-30-32-33-34-35-37-38-40-43-46-49-52-55-58-65(69)67-63(62-74-76(71,72)73-61-60-68(4,5)6)64(57-54-51-48-45-42-27-24-21-18-15-12-9-3)75-66(70)59-56-53-50-47-44-41-39-36-31-29-26-23-20-17-14-11-8-2/h11,14,17,19-20,22-23,26,28-31,33-34,36,39,41,44,54,57,63-64H,7-10,12-13,15-16,18,21,24-25,27,32,35,37-38,40,42-43,45-53,55-56,58-62H2,1-6H3,(H-,67,69,71,72)/b14-11-,20-17+,22-19-,26-23+,30-28-,31-29-,34-33-,39-36+,44-41+,57-54-. The molecule has 0 aromatic rings. The van der Waals surface area contributed by atoms with Gasteiger partial charge in [-0.1, -0.05) is 252 Å². The highest BCUT2D eigenvalue weighted by atomic mass is 31.2. The number of nitrogens with one attached hydrogen (secondary N) is 1. The third-order valence-corrected chi connectivity index (χ3v) is 13.8. The fourth-order valence-electron chi connectivity index (χ4n) is 8.09. The van der Waals surface area contributed by atoms with Crippen molar-refractivity contribution in [3.63, 3.8) is 0 Å². The van der Waals surface area contributed by atoms with Crippen LogP contribution in [0.5, 0.6) is 0 Å². The van der Waals surface area contributed by atoms with Gasteiger partial charge in [-0.05, 0) is 89.5 Å². The van der Waals surface area contributed by atoms with Crippen LogP contribution in [0.25, 0.3) is 0 Å². The maximum Gasteiger partial charge on any atom is 0.306 e. The molecule has 9 nitrogen and oxygen atoms in total. The molecular formula is C66H113N2O7P. The normalized spacial score (nSPS) is 14.6. The van der Waals surface area contributed by atoms with Gasteiger partial charge in [0.1, 0.15) is 19.3 Å². The summed E-state index contributed by atoms with van der Waals surface area (Å²) in [6.45, 7) is 6.61. The molecule has 3 atom stereocenters. The minimum Gasteiger partial charge on any atom is -0.756 e. The van der Waals surface area contributed by atoms with Crippen LogP contribution in [0.15, 0.2) is 122 Å². The first-order chi connectivity index (χ1) is 36.9. The molecule has 0 spiro atoms. The summed E-state index contributed by atoms with van der Waals surface area (Å²) in [5.74, 6) is -0.609. The van der Waals surface area contributed by atoms with Gasteiger partial charge in [-0.2, -0.15) is 0 Å². The molecule has 0 aliphatic rings. The van der Waals surface area contributed by atoms with Crippen LogP contribution in [-0.2, 0) is 27.9 Å². The SMILES string of the molecule is CC\C=C/C=C/C=C/C=C\C=C\C=C\CCCCCC(=O)OC(/C=C\CCCCCCCCCCCC)C(COP(=O)([O-])OCC[N+](C)(C)C)NC(=O)CCCCCCCCCC/C=C\C/C=C\C/C=C\CCCCC. The number of phosphoric acid groups is 1. The van der Waals surface area contributed by atoms with E-state index in [0.717, 1.165) is 89.9 Å². The van der Waals surface area contributed by atoms with E-state index in [1.807, 2.05) is 94.1 Å². The third-order valence-electron chi connectivity index (χ3n) is 12.8. The van der Waals surface area contributed by atoms with Gasteiger partial charge < -0.3 is 28.5 Å². The summed E-state index contributed by atoms with van der Waals surface area (Å²) >= 11 is 0. The number of quaternary nitrogens is 1. The molecule has 0 fully saturated rings. The Morgan fingerprint density at radius 1 is 0.487 bits per heavy atom. The Morgan fingerprint density at radius 2 is 0.895 bits per heavy atom. The number of carbonyl (C=O) groups is 2. The first kappa shape index (κ1) is 72.4. The number of unbranched alkanes of at least 4 members (excludes halogenated alkanes) is 24. The monoisotopic (exact) mass is 1080 g/mol. The fraction of sp³-hybridized carbons (Fsp3) is 0.667. The van der Waals surface area contributed by atoms with E-state index in [1.165, 1.54) is 103 Å². The van der Waals surface area contributed by atoms with Gasteiger partial charge in [-0.15, -0.1) is 0 Å². The van der Waals surface area contributed by atoms with Crippen LogP contribution in [0, 0.1) is 0 Å². The van der Waals surface area contributed by atoms with E-state index >= 15 is 0 Å². The van der Waals surface area contributed by atoms with Gasteiger partial charge in [-0.25, -0.2) is 0 Å². The number of hydrogen-bond donors (Lipinski definition) is 1. The van der Waals surface area contributed by atoms with E-state index in [0.29, 0.717) is 23.9 Å². The second-order valence-corrected chi connectivity index (χ2v) is 22.7. The molecule has 0 saturated heterocycles. The predicted octanol–water partition coefficient (Wildman–Crippen LogP) is 18.1. The first-order valence-corrected chi connectivity index (χ1v) is 31.9. The molecule has 3 unspecified atom stereocenters. The van der Waals surface area contributed by atoms with Crippen LogP contribution >= 0.6 is 7.82 Å². The molecule has 0 bridgehead atoms. The fourth-order valence-corrected chi connectivity index (χ4v) is 8.81. The van der Waals surface area contributed by atoms with Crippen molar-refractivity contribution >= 4 is 19.7 Å². The maximum atomic E-state index is 13.5. The second-order valence-electron chi connectivity index (χ2n) is 21.3. The zero-order valence-electron chi connectivity index (χ0n) is 49.4. The number of ether oxygens (including phenoxy) is 1. The summed E-state index contributed by atoms with van der Waals surface area (Å²) < 4.78 is 30.2. The van der Waals surface area contributed by atoms with Crippen molar-refractivity contribution in [2.24, 2.45) is 0 Å². The highest BCUT2D eigenvalue weighted by molar-refractivity contribution is 7.45. The largest absolute Gasteiger partial charge is 0.756 e. The summed E-state index contributed by atoms with van der Waals surface area (Å²) in [5.41, 5.74) is 0. The summed E-state index contributed by atoms with van der Waals surface area (Å²) in [6.07, 6.45) is 75.9. The van der Waals surface area contributed by atoms with Crippen LogP contribution in [-0.4, -0.2) is 69.4 Å². The summed E-state index contributed by atoms with van der Waals surface area (Å²) in [5, 5.41) is 3.01. The van der Waals surface area contributed by atoms with Crippen molar-refractivity contribution in [1.29, 1.82) is 0 Å². The predicted molar refractivity (Wildman–Crippen MR) is 325 cm³/mol. The van der Waals surface area contributed by atoms with E-state index in [-0.39, 0.29) is 24.9 Å². The van der Waals surface area contributed by atoms with Crippen LogP contribution < -0.4 is 10.2 Å². The maximum absolute atomic E-state index is 13.5. The number of likely N-dealkylation sites (N-methyl/N-ethyl adjacent to an activating group) is 1. The van der Waals surface area contributed by atoms with E-state index in [4.69, 9.17) is 13.8 Å². The Bertz CT molecular complexity index is 1720. The average molecular weight is 1080 g/mol. The minimum atomic E-state index is -4.72. The van der Waals surface area contributed by atoms with E-state index in [2.05, 4.69) is 74.7 Å². The van der Waals surface area contributed by atoms with Crippen LogP contribution in [0.2, 0.25) is 0 Å². The molecule has 0 aromatic heterocycles. The highest BCUT2D eigenvalue weighted by Crippen LogP contribution is 2.38. The molecule has 0 aliphatic carbocycles. The number of amides is 1. The van der Waals surface area contributed by atoms with Gasteiger partial charge in [0.05, 0.1) is 33.8 Å². The van der Waals surface area contributed by atoms with Crippen molar-refractivity contribution in [2.75, 3.05) is 40.9 Å². The Balaban J connectivity index is 5.37. The molecule has 1 amide bonds. The van der Waals surface area contributed by atoms with E-state index < -0.39 is 26.6 Å². The van der Waals surface area contributed by atoms with Crippen LogP contribution in [0.4, 0.5) is 0 Å². The van der Waals surface area contributed by atoms with Gasteiger partial charge in [0, 0.05) is 12.8 Å². The van der Waals surface area contributed by atoms with Crippen molar-refractivity contribution < 1.29 is 37.3 Å². The molecule has 0 radical (unpaired) electrons. The second kappa shape index (κ2) is 54.8. The molecule has 0 aliphatic heterocycles. The summed E-state index contributed by atoms with van der Waals surface area (Å²) in [7, 11) is 1.13. The zero-order chi connectivity index (χ0) is 55.7. The number of esters is 1. The summed E-state index contributed by atoms with van der Waals surface area (Å²) in [6, 6.07) is -0.919. The van der Waals surface area contributed by atoms with Crippen LogP contribution in [0.3, 0.4) is 0 Å². The molecule has 76 heavy (non-hydrogen) atoms. The Kier molecular flexibility index (Phi) is 52.2. The molecule has 0 saturated carbocycles. The Hall–Kier alpha value is -3.59. The lowest BCUT2D eigenvalue weighted by molar-refractivity contribution is -0.870. The molecule has 1 N–H and O–H groups in total. The van der Waals surface area contributed by atoms with Gasteiger partial charge in [0.25, 0.3) is 7.82 Å². The smallest absolute Gasteiger partial charge is 0.306 e. The van der Waals surface area contributed by atoms with Gasteiger partial charge in [0.2, 0.25) is 5.91 Å². The number of allylic oxidation sites excluding steroid dienone is 19. The number of nitrogens with zero attached hydrogens (tertiary/aromatic N) is 1. The van der Waals surface area contributed by atoms with E-state index in [1.54, 1.807) is 0 Å². The number of phosphoric ester groups is 1. The molecular weight excluding hydrogens is 964 g/mol. The molecule has 10 heteroatoms. The van der Waals surface area contributed by atoms with E-state index in [9.17, 15) is 19.0 Å². The average Bonchev–Trinajstić information content (AvgIpc) is 3.38.